The lowest BCUT2D eigenvalue weighted by atomic mass is 10.2. The molecule has 0 aliphatic carbocycles. The summed E-state index contributed by atoms with van der Waals surface area (Å²) in [5, 5.41) is 4.47. The van der Waals surface area contributed by atoms with Crippen LogP contribution in [-0.4, -0.2) is 14.6 Å². The summed E-state index contributed by atoms with van der Waals surface area (Å²) in [6.45, 7) is 1.98. The molecule has 0 N–H and O–H groups in total. The van der Waals surface area contributed by atoms with E-state index in [1.54, 1.807) is 0 Å². The van der Waals surface area contributed by atoms with Crippen LogP contribution in [0.5, 0.6) is 0 Å². The molecular formula is C13H10IN3. The molecule has 0 bridgehead atoms. The second-order valence-electron chi connectivity index (χ2n) is 3.86. The van der Waals surface area contributed by atoms with Crippen LogP contribution < -0.4 is 0 Å². The predicted molar refractivity (Wildman–Crippen MR) is 75.9 cm³/mol. The van der Waals surface area contributed by atoms with Crippen LogP contribution in [0, 0.1) is 10.6 Å². The summed E-state index contributed by atoms with van der Waals surface area (Å²) >= 11 is 2.29. The van der Waals surface area contributed by atoms with Gasteiger partial charge >= 0.3 is 0 Å². The van der Waals surface area contributed by atoms with Gasteiger partial charge in [0.05, 0.1) is 5.69 Å². The quantitative estimate of drug-likeness (QED) is 0.639. The molecule has 1 aromatic carbocycles. The predicted octanol–water partition coefficient (Wildman–Crippen LogP) is 3.31. The zero-order valence-corrected chi connectivity index (χ0v) is 11.4. The Morgan fingerprint density at radius 1 is 1.06 bits per heavy atom. The van der Waals surface area contributed by atoms with Gasteiger partial charge in [-0.3, -0.25) is 0 Å². The van der Waals surface area contributed by atoms with Crippen molar-refractivity contribution in [3.05, 3.63) is 51.9 Å². The molecule has 0 radical (unpaired) electrons. The van der Waals surface area contributed by atoms with E-state index in [1.165, 1.54) is 0 Å². The van der Waals surface area contributed by atoms with Gasteiger partial charge in [0.1, 0.15) is 9.39 Å². The molecule has 2 heterocycles. The Hall–Kier alpha value is -1.43. The van der Waals surface area contributed by atoms with Gasteiger partial charge in [-0.05, 0) is 41.6 Å². The smallest absolute Gasteiger partial charge is 0.155 e. The number of imidazole rings is 1. The van der Waals surface area contributed by atoms with Crippen molar-refractivity contribution in [2.45, 2.75) is 6.92 Å². The molecule has 0 saturated carbocycles. The molecule has 0 unspecified atom stereocenters. The van der Waals surface area contributed by atoms with E-state index in [0.29, 0.717) is 0 Å². The lowest BCUT2D eigenvalue weighted by Gasteiger charge is -1.97. The normalized spacial score (nSPS) is 10.9. The fraction of sp³-hybridized carbons (Fsp3) is 0.0769. The third-order valence-corrected chi connectivity index (χ3v) is 3.57. The third kappa shape index (κ3) is 1.82. The molecule has 0 aliphatic heterocycles. The fourth-order valence-electron chi connectivity index (χ4n) is 1.78. The Morgan fingerprint density at radius 2 is 1.82 bits per heavy atom. The Balaban J connectivity index is 2.28. The highest BCUT2D eigenvalue weighted by molar-refractivity contribution is 14.1. The van der Waals surface area contributed by atoms with Crippen LogP contribution in [0.4, 0.5) is 0 Å². The number of aromatic nitrogens is 3. The molecule has 17 heavy (non-hydrogen) atoms. The van der Waals surface area contributed by atoms with Gasteiger partial charge in [-0.1, -0.05) is 30.3 Å². The van der Waals surface area contributed by atoms with E-state index >= 15 is 0 Å². The van der Waals surface area contributed by atoms with Gasteiger partial charge < -0.3 is 0 Å². The molecular weight excluding hydrogens is 325 g/mol. The molecule has 3 nitrogen and oxygen atoms in total. The van der Waals surface area contributed by atoms with Crippen molar-refractivity contribution >= 4 is 28.2 Å². The Bertz CT molecular complexity index is 674. The van der Waals surface area contributed by atoms with E-state index in [9.17, 15) is 0 Å². The number of halogens is 1. The van der Waals surface area contributed by atoms with Crippen LogP contribution >= 0.6 is 22.6 Å². The first-order valence-corrected chi connectivity index (χ1v) is 6.41. The SMILES string of the molecule is Cc1ccc2nc(-c3ccccc3)c(I)n2n1. The molecule has 3 aromatic rings. The summed E-state index contributed by atoms with van der Waals surface area (Å²) in [7, 11) is 0. The average Bonchev–Trinajstić information content (AvgIpc) is 2.68. The maximum absolute atomic E-state index is 4.62. The van der Waals surface area contributed by atoms with Gasteiger partial charge in [-0.2, -0.15) is 5.10 Å². The summed E-state index contributed by atoms with van der Waals surface area (Å²) in [6.07, 6.45) is 0. The van der Waals surface area contributed by atoms with Gasteiger partial charge in [-0.15, -0.1) is 0 Å². The van der Waals surface area contributed by atoms with Gasteiger partial charge in [0.2, 0.25) is 0 Å². The molecule has 4 heteroatoms. The highest BCUT2D eigenvalue weighted by atomic mass is 127. The van der Waals surface area contributed by atoms with Crippen LogP contribution in [0.15, 0.2) is 42.5 Å². The first-order chi connectivity index (χ1) is 8.25. The zero-order valence-electron chi connectivity index (χ0n) is 9.26. The number of hydrogen-bond acceptors (Lipinski definition) is 2. The number of benzene rings is 1. The Kier molecular flexibility index (Phi) is 2.58. The second-order valence-corrected chi connectivity index (χ2v) is 4.88. The largest absolute Gasteiger partial charge is 0.226 e. The van der Waals surface area contributed by atoms with Crippen LogP contribution in [0.1, 0.15) is 5.69 Å². The monoisotopic (exact) mass is 335 g/mol. The van der Waals surface area contributed by atoms with Gasteiger partial charge in [0, 0.05) is 5.56 Å². The summed E-state index contributed by atoms with van der Waals surface area (Å²) in [4.78, 5) is 4.62. The molecule has 0 aliphatic rings. The minimum Gasteiger partial charge on any atom is -0.226 e. The van der Waals surface area contributed by atoms with Gasteiger partial charge in [-0.25, -0.2) is 9.50 Å². The van der Waals surface area contributed by atoms with Crippen molar-refractivity contribution in [2.24, 2.45) is 0 Å². The standard InChI is InChI=1S/C13H10IN3/c1-9-7-8-11-15-12(13(14)17(11)16-9)10-5-3-2-4-6-10/h2-8H,1H3. The summed E-state index contributed by atoms with van der Waals surface area (Å²) in [5.74, 6) is 0. The molecule has 84 valence electrons. The first kappa shape index (κ1) is 10.7. The van der Waals surface area contributed by atoms with Crippen LogP contribution in [0.3, 0.4) is 0 Å². The number of fused-ring (bicyclic) bond motifs is 1. The molecule has 0 fully saturated rings. The molecule has 3 rings (SSSR count). The molecule has 0 amide bonds. The van der Waals surface area contributed by atoms with Crippen molar-refractivity contribution in [3.8, 4) is 11.3 Å². The fourth-order valence-corrected chi connectivity index (χ4v) is 2.56. The van der Waals surface area contributed by atoms with Crippen molar-refractivity contribution < 1.29 is 0 Å². The maximum Gasteiger partial charge on any atom is 0.155 e. The highest BCUT2D eigenvalue weighted by Crippen LogP contribution is 2.24. The van der Waals surface area contributed by atoms with E-state index in [1.807, 2.05) is 41.8 Å². The van der Waals surface area contributed by atoms with Crippen molar-refractivity contribution in [3.63, 3.8) is 0 Å². The topological polar surface area (TPSA) is 30.2 Å². The summed E-state index contributed by atoms with van der Waals surface area (Å²) in [6, 6.07) is 14.2. The van der Waals surface area contributed by atoms with E-state index in [4.69, 9.17) is 0 Å². The second kappa shape index (κ2) is 4.10. The van der Waals surface area contributed by atoms with E-state index in [0.717, 1.165) is 26.3 Å². The lowest BCUT2D eigenvalue weighted by Crippen LogP contribution is -1.95. The number of rotatable bonds is 1. The third-order valence-electron chi connectivity index (χ3n) is 2.60. The highest BCUT2D eigenvalue weighted by Gasteiger charge is 2.11. The van der Waals surface area contributed by atoms with Crippen LogP contribution in [0.2, 0.25) is 0 Å². The molecule has 0 spiro atoms. The lowest BCUT2D eigenvalue weighted by molar-refractivity contribution is 0.882. The molecule has 2 aromatic heterocycles. The molecule has 0 atom stereocenters. The van der Waals surface area contributed by atoms with Crippen molar-refractivity contribution in [1.82, 2.24) is 14.6 Å². The first-order valence-electron chi connectivity index (χ1n) is 5.33. The maximum atomic E-state index is 4.62. The van der Waals surface area contributed by atoms with E-state index in [2.05, 4.69) is 44.8 Å². The Labute approximate surface area is 113 Å². The van der Waals surface area contributed by atoms with Gasteiger partial charge in [0.15, 0.2) is 5.65 Å². The molecule has 0 saturated heterocycles. The summed E-state index contributed by atoms with van der Waals surface area (Å²) < 4.78 is 2.94. The van der Waals surface area contributed by atoms with E-state index in [-0.39, 0.29) is 0 Å². The number of aryl methyl sites for hydroxylation is 1. The van der Waals surface area contributed by atoms with Crippen molar-refractivity contribution in [2.75, 3.05) is 0 Å². The zero-order chi connectivity index (χ0) is 11.8. The van der Waals surface area contributed by atoms with Crippen molar-refractivity contribution in [1.29, 1.82) is 0 Å². The van der Waals surface area contributed by atoms with Gasteiger partial charge in [0.25, 0.3) is 0 Å². The van der Waals surface area contributed by atoms with E-state index < -0.39 is 0 Å². The van der Waals surface area contributed by atoms with Crippen LogP contribution in [-0.2, 0) is 0 Å². The average molecular weight is 335 g/mol. The minimum absolute atomic E-state index is 0.888. The van der Waals surface area contributed by atoms with Crippen LogP contribution in [0.25, 0.3) is 16.9 Å². The number of nitrogens with zero attached hydrogens (tertiary/aromatic N) is 3. The summed E-state index contributed by atoms with van der Waals surface area (Å²) in [5.41, 5.74) is 4.00. The Morgan fingerprint density at radius 3 is 2.59 bits per heavy atom. The number of hydrogen-bond donors (Lipinski definition) is 0. The minimum atomic E-state index is 0.888.